The van der Waals surface area contributed by atoms with Crippen LogP contribution in [0.15, 0.2) is 199 Å². The fraction of sp³-hybridized carbons (Fsp3) is 0.0175. The Balaban J connectivity index is 1.20. The van der Waals surface area contributed by atoms with Crippen molar-refractivity contribution in [2.24, 2.45) is 0 Å². The van der Waals surface area contributed by atoms with Gasteiger partial charge in [0.1, 0.15) is 11.2 Å². The fourth-order valence-electron chi connectivity index (χ4n) is 11.0. The highest BCUT2D eigenvalue weighted by Crippen LogP contribution is 2.51. The van der Waals surface area contributed by atoms with E-state index in [9.17, 15) is 0 Å². The number of aryl methyl sites for hydroxylation is 1. The quantitative estimate of drug-likeness (QED) is 0.132. The van der Waals surface area contributed by atoms with Gasteiger partial charge in [0.05, 0.1) is 0 Å². The molecule has 3 nitrogen and oxygen atoms in total. The van der Waals surface area contributed by atoms with Crippen LogP contribution in [0.5, 0.6) is 0 Å². The van der Waals surface area contributed by atoms with Crippen LogP contribution < -0.4 is 15.8 Å². The fourth-order valence-corrected chi connectivity index (χ4v) is 11.0. The number of para-hydroxylation sites is 3. The SMILES string of the molecule is Cc1c2c(cc3cc4ccccc4cc13)B1c3c(cc4c(oc5ccccc54)c3-c3cccc4c5ccccc5n1c34)N2c1cc(-c2ccccc2)cc(-c2ccccc2)c1. The van der Waals surface area contributed by atoms with Gasteiger partial charge in [-0.15, -0.1) is 0 Å². The summed E-state index contributed by atoms with van der Waals surface area (Å²) in [6.07, 6.45) is 0. The molecular formula is C57H35BN2O. The molecule has 2 aliphatic heterocycles. The molecule has 61 heavy (non-hydrogen) atoms. The molecule has 0 saturated heterocycles. The minimum atomic E-state index is -0.119. The van der Waals surface area contributed by atoms with Gasteiger partial charge in [-0.05, 0) is 116 Å². The third kappa shape index (κ3) is 4.48. The molecule has 0 amide bonds. The molecule has 0 atom stereocenters. The lowest BCUT2D eigenvalue weighted by atomic mass is 9.44. The molecule has 0 aliphatic carbocycles. The Morgan fingerprint density at radius 2 is 1.13 bits per heavy atom. The predicted molar refractivity (Wildman–Crippen MR) is 258 cm³/mol. The minimum Gasteiger partial charge on any atom is -0.455 e. The highest BCUT2D eigenvalue weighted by Gasteiger charge is 2.45. The lowest BCUT2D eigenvalue weighted by Crippen LogP contribution is -2.57. The first-order chi connectivity index (χ1) is 30.2. The summed E-state index contributed by atoms with van der Waals surface area (Å²) in [4.78, 5) is 2.60. The van der Waals surface area contributed by atoms with Gasteiger partial charge in [-0.2, -0.15) is 0 Å². The topological polar surface area (TPSA) is 21.3 Å². The van der Waals surface area contributed by atoms with E-state index in [1.54, 1.807) is 0 Å². The molecule has 4 heteroatoms. The van der Waals surface area contributed by atoms with Gasteiger partial charge in [-0.1, -0.05) is 146 Å². The second-order valence-electron chi connectivity index (χ2n) is 16.8. The molecule has 0 saturated carbocycles. The van der Waals surface area contributed by atoms with Crippen LogP contribution in [0.1, 0.15) is 5.56 Å². The highest BCUT2D eigenvalue weighted by molar-refractivity contribution is 6.90. The monoisotopic (exact) mass is 774 g/mol. The second kappa shape index (κ2) is 12.1. The molecule has 0 unspecified atom stereocenters. The average molecular weight is 775 g/mol. The van der Waals surface area contributed by atoms with E-state index in [2.05, 4.69) is 210 Å². The Morgan fingerprint density at radius 3 is 1.90 bits per heavy atom. The highest BCUT2D eigenvalue weighted by atomic mass is 16.3. The molecule has 282 valence electrons. The molecule has 0 bridgehead atoms. The van der Waals surface area contributed by atoms with Crippen molar-refractivity contribution in [3.05, 3.63) is 200 Å². The van der Waals surface area contributed by atoms with Crippen molar-refractivity contribution in [1.29, 1.82) is 0 Å². The Morgan fingerprint density at radius 1 is 0.475 bits per heavy atom. The maximum atomic E-state index is 7.04. The average Bonchev–Trinajstić information content (AvgIpc) is 3.86. The van der Waals surface area contributed by atoms with E-state index in [1.165, 1.54) is 105 Å². The number of benzene rings is 10. The Labute approximate surface area is 352 Å². The lowest BCUT2D eigenvalue weighted by Gasteiger charge is -2.42. The van der Waals surface area contributed by atoms with Crippen LogP contribution in [0.4, 0.5) is 17.1 Å². The maximum absolute atomic E-state index is 7.04. The van der Waals surface area contributed by atoms with Crippen LogP contribution in [0, 0.1) is 6.92 Å². The van der Waals surface area contributed by atoms with E-state index in [4.69, 9.17) is 4.42 Å². The normalized spacial score (nSPS) is 12.9. The van der Waals surface area contributed by atoms with E-state index in [1.807, 2.05) is 0 Å². The zero-order valence-corrected chi connectivity index (χ0v) is 33.4. The van der Waals surface area contributed by atoms with Crippen molar-refractivity contribution < 1.29 is 4.42 Å². The van der Waals surface area contributed by atoms with Crippen LogP contribution in [-0.4, -0.2) is 11.3 Å². The van der Waals surface area contributed by atoms with Crippen LogP contribution >= 0.6 is 0 Å². The van der Waals surface area contributed by atoms with Crippen LogP contribution in [0.2, 0.25) is 0 Å². The van der Waals surface area contributed by atoms with Crippen molar-refractivity contribution in [2.45, 2.75) is 6.92 Å². The van der Waals surface area contributed by atoms with Gasteiger partial charge in [0.15, 0.2) is 0 Å². The first-order valence-corrected chi connectivity index (χ1v) is 21.2. The van der Waals surface area contributed by atoms with Gasteiger partial charge in [0.25, 0.3) is 0 Å². The van der Waals surface area contributed by atoms with Crippen LogP contribution in [0.25, 0.3) is 98.7 Å². The van der Waals surface area contributed by atoms with Crippen molar-refractivity contribution in [2.75, 3.05) is 4.90 Å². The van der Waals surface area contributed by atoms with Crippen molar-refractivity contribution in [3.8, 4) is 33.4 Å². The molecule has 2 aromatic heterocycles. The van der Waals surface area contributed by atoms with E-state index >= 15 is 0 Å². The molecule has 4 heterocycles. The largest absolute Gasteiger partial charge is 0.455 e. The first kappa shape index (κ1) is 33.1. The summed E-state index contributed by atoms with van der Waals surface area (Å²) in [5, 5.41) is 9.80. The standard InChI is InChI=1S/C57H35BN2O/c1-34-47-31-38-20-9-8-19-37(38)27-41(47)32-49-55(34)59(42-29-39(35-15-4-2-5-16-35)28-40(30-42)36-17-6-3-7-18-36)51-33-48-44-22-11-13-26-52(44)61-57(48)53-46-24-14-23-45-43-21-10-12-25-50(43)60(56(45)46)58(49)54(51)53/h2-33H,1H3. The summed E-state index contributed by atoms with van der Waals surface area (Å²) in [6, 6.07) is 71.7. The van der Waals surface area contributed by atoms with Gasteiger partial charge in [-0.3, -0.25) is 0 Å². The summed E-state index contributed by atoms with van der Waals surface area (Å²) in [7, 11) is 0. The molecule has 2 aliphatic rings. The Bertz CT molecular complexity index is 3790. The molecular weight excluding hydrogens is 739 g/mol. The summed E-state index contributed by atoms with van der Waals surface area (Å²) in [5.41, 5.74) is 18.8. The number of hydrogen-bond acceptors (Lipinski definition) is 2. The third-order valence-electron chi connectivity index (χ3n) is 13.6. The van der Waals surface area contributed by atoms with Gasteiger partial charge in [0.2, 0.25) is 0 Å². The molecule has 12 aromatic rings. The van der Waals surface area contributed by atoms with Gasteiger partial charge < -0.3 is 13.8 Å². The van der Waals surface area contributed by atoms with Crippen molar-refractivity contribution in [3.63, 3.8) is 0 Å². The van der Waals surface area contributed by atoms with E-state index in [-0.39, 0.29) is 6.85 Å². The molecule has 10 aromatic carbocycles. The van der Waals surface area contributed by atoms with E-state index in [0.717, 1.165) is 27.6 Å². The summed E-state index contributed by atoms with van der Waals surface area (Å²) in [5.74, 6) is 0. The number of nitrogens with zero attached hydrogens (tertiary/aromatic N) is 2. The number of hydrogen-bond donors (Lipinski definition) is 0. The van der Waals surface area contributed by atoms with Crippen molar-refractivity contribution in [1.82, 2.24) is 4.48 Å². The van der Waals surface area contributed by atoms with Gasteiger partial charge in [-0.25, -0.2) is 0 Å². The molecule has 0 N–H and O–H groups in total. The number of fused-ring (bicyclic) bond motifs is 13. The zero-order chi connectivity index (χ0) is 39.9. The number of anilines is 3. The Hall–Kier alpha value is -7.82. The number of aromatic nitrogens is 1. The second-order valence-corrected chi connectivity index (χ2v) is 16.8. The smallest absolute Gasteiger partial charge is 0.333 e. The zero-order valence-electron chi connectivity index (χ0n) is 33.4. The summed E-state index contributed by atoms with van der Waals surface area (Å²) < 4.78 is 9.69. The lowest BCUT2D eigenvalue weighted by molar-refractivity contribution is 0.670. The molecule has 0 radical (unpaired) electrons. The van der Waals surface area contributed by atoms with Crippen LogP contribution in [-0.2, 0) is 0 Å². The van der Waals surface area contributed by atoms with Crippen molar-refractivity contribution >= 4 is 100 Å². The summed E-state index contributed by atoms with van der Waals surface area (Å²) >= 11 is 0. The first-order valence-electron chi connectivity index (χ1n) is 21.2. The number of rotatable bonds is 3. The summed E-state index contributed by atoms with van der Waals surface area (Å²) in [6.45, 7) is 2.23. The third-order valence-corrected chi connectivity index (χ3v) is 13.6. The Kier molecular flexibility index (Phi) is 6.57. The van der Waals surface area contributed by atoms with E-state index < -0.39 is 0 Å². The molecule has 14 rings (SSSR count). The van der Waals surface area contributed by atoms with Crippen LogP contribution in [0.3, 0.4) is 0 Å². The molecule has 0 spiro atoms. The van der Waals surface area contributed by atoms with Gasteiger partial charge >= 0.3 is 6.85 Å². The maximum Gasteiger partial charge on any atom is 0.333 e. The van der Waals surface area contributed by atoms with E-state index in [0.29, 0.717) is 0 Å². The number of furan rings is 1. The predicted octanol–water partition coefficient (Wildman–Crippen LogP) is 14.1. The minimum absolute atomic E-state index is 0.119. The van der Waals surface area contributed by atoms with Gasteiger partial charge in [0, 0.05) is 60.8 Å². The molecule has 0 fully saturated rings.